The fourth-order valence-electron chi connectivity index (χ4n) is 2.65. The van der Waals surface area contributed by atoms with Gasteiger partial charge in [0.25, 0.3) is 0 Å². The lowest BCUT2D eigenvalue weighted by atomic mass is 10.2. The van der Waals surface area contributed by atoms with E-state index in [4.69, 9.17) is 4.74 Å². The van der Waals surface area contributed by atoms with Gasteiger partial charge in [-0.05, 0) is 60.7 Å². The van der Waals surface area contributed by atoms with E-state index in [1.807, 2.05) is 78.9 Å². The van der Waals surface area contributed by atoms with Crippen LogP contribution in [0.25, 0.3) is 0 Å². The third kappa shape index (κ3) is 6.70. The van der Waals surface area contributed by atoms with Gasteiger partial charge >= 0.3 is 0 Å². The Morgan fingerprint density at radius 3 is 1.93 bits per heavy atom. The normalized spacial score (nSPS) is 10.1. The van der Waals surface area contributed by atoms with E-state index < -0.39 is 0 Å². The Hall–Kier alpha value is -3.80. The monoisotopic (exact) mass is 389 g/mol. The predicted octanol–water partition coefficient (Wildman–Crippen LogP) is 4.88. The van der Waals surface area contributed by atoms with Crippen LogP contribution in [0.4, 0.5) is 17.1 Å². The second-order valence-corrected chi connectivity index (χ2v) is 6.42. The molecule has 0 fully saturated rings. The summed E-state index contributed by atoms with van der Waals surface area (Å²) >= 11 is 0. The van der Waals surface area contributed by atoms with Crippen LogP contribution in [0.3, 0.4) is 0 Å². The Bertz CT molecular complexity index is 939. The molecule has 0 saturated carbocycles. The van der Waals surface area contributed by atoms with E-state index in [-0.39, 0.29) is 11.8 Å². The maximum atomic E-state index is 12.1. The number of ether oxygens (including phenoxy) is 1. The van der Waals surface area contributed by atoms with E-state index in [1.165, 1.54) is 6.92 Å². The van der Waals surface area contributed by atoms with E-state index >= 15 is 0 Å². The largest absolute Gasteiger partial charge is 0.457 e. The minimum absolute atomic E-state index is 0.0795. The number of para-hydroxylation sites is 1. The molecule has 3 aromatic carbocycles. The Morgan fingerprint density at radius 2 is 1.28 bits per heavy atom. The van der Waals surface area contributed by atoms with Crippen LogP contribution in [0.5, 0.6) is 11.5 Å². The Kier molecular flexibility index (Phi) is 6.84. The lowest BCUT2D eigenvalue weighted by molar-refractivity contribution is -0.116. The van der Waals surface area contributed by atoms with Crippen LogP contribution in [-0.2, 0) is 9.59 Å². The van der Waals surface area contributed by atoms with Crippen LogP contribution in [0, 0.1) is 0 Å². The maximum absolute atomic E-state index is 12.1. The molecular weight excluding hydrogens is 366 g/mol. The summed E-state index contributed by atoms with van der Waals surface area (Å²) in [6.45, 7) is 1.97. The molecule has 0 aliphatic carbocycles. The van der Waals surface area contributed by atoms with Crippen molar-refractivity contribution in [1.82, 2.24) is 0 Å². The second kappa shape index (κ2) is 9.94. The van der Waals surface area contributed by atoms with Gasteiger partial charge in [-0.2, -0.15) is 0 Å². The van der Waals surface area contributed by atoms with Gasteiger partial charge in [-0.15, -0.1) is 0 Å². The van der Waals surface area contributed by atoms with Crippen molar-refractivity contribution in [2.45, 2.75) is 13.3 Å². The molecule has 3 rings (SSSR count). The minimum atomic E-state index is -0.109. The summed E-state index contributed by atoms with van der Waals surface area (Å²) in [7, 11) is 0. The smallest absolute Gasteiger partial charge is 0.226 e. The van der Waals surface area contributed by atoms with E-state index in [0.717, 1.165) is 22.8 Å². The molecule has 0 spiro atoms. The summed E-state index contributed by atoms with van der Waals surface area (Å²) in [5.41, 5.74) is 2.34. The zero-order chi connectivity index (χ0) is 20.5. The van der Waals surface area contributed by atoms with Crippen LogP contribution in [-0.4, -0.2) is 18.4 Å². The SMILES string of the molecule is CC(=O)Nc1ccc(NCCC(=O)Nc2ccc(Oc3ccccc3)cc2)cc1. The van der Waals surface area contributed by atoms with E-state index in [1.54, 1.807) is 0 Å². The first-order chi connectivity index (χ1) is 14.1. The van der Waals surface area contributed by atoms with Crippen molar-refractivity contribution < 1.29 is 14.3 Å². The van der Waals surface area contributed by atoms with Crippen LogP contribution in [0.1, 0.15) is 13.3 Å². The molecule has 0 aliphatic heterocycles. The van der Waals surface area contributed by atoms with Gasteiger partial charge in [-0.25, -0.2) is 0 Å². The van der Waals surface area contributed by atoms with Gasteiger partial charge in [0, 0.05) is 37.0 Å². The molecule has 2 amide bonds. The van der Waals surface area contributed by atoms with Crippen LogP contribution >= 0.6 is 0 Å². The zero-order valence-electron chi connectivity index (χ0n) is 16.1. The Labute approximate surface area is 169 Å². The third-order valence-corrected chi connectivity index (χ3v) is 4.00. The molecule has 0 heterocycles. The van der Waals surface area contributed by atoms with Crippen LogP contribution in [0.15, 0.2) is 78.9 Å². The maximum Gasteiger partial charge on any atom is 0.226 e. The van der Waals surface area contributed by atoms with Gasteiger partial charge in [0.1, 0.15) is 11.5 Å². The average molecular weight is 389 g/mol. The number of carbonyl (C=O) groups is 2. The molecular formula is C23H23N3O3. The molecule has 6 nitrogen and oxygen atoms in total. The number of amides is 2. The summed E-state index contributed by atoms with van der Waals surface area (Å²) in [5, 5.41) is 8.76. The van der Waals surface area contributed by atoms with Crippen molar-refractivity contribution in [2.75, 3.05) is 22.5 Å². The van der Waals surface area contributed by atoms with Gasteiger partial charge in [-0.1, -0.05) is 18.2 Å². The topological polar surface area (TPSA) is 79.5 Å². The molecule has 148 valence electrons. The van der Waals surface area contributed by atoms with Crippen molar-refractivity contribution in [3.8, 4) is 11.5 Å². The summed E-state index contributed by atoms with van der Waals surface area (Å²) < 4.78 is 5.74. The first-order valence-electron chi connectivity index (χ1n) is 9.33. The van der Waals surface area contributed by atoms with Gasteiger partial charge in [-0.3, -0.25) is 9.59 Å². The van der Waals surface area contributed by atoms with Crippen LogP contribution in [0.2, 0.25) is 0 Å². The summed E-state index contributed by atoms with van der Waals surface area (Å²) in [6, 6.07) is 24.1. The van der Waals surface area contributed by atoms with E-state index in [0.29, 0.717) is 18.7 Å². The van der Waals surface area contributed by atoms with Crippen molar-refractivity contribution in [1.29, 1.82) is 0 Å². The highest BCUT2D eigenvalue weighted by molar-refractivity contribution is 5.91. The number of anilines is 3. The molecule has 3 N–H and O–H groups in total. The molecule has 3 aromatic rings. The van der Waals surface area contributed by atoms with Crippen molar-refractivity contribution >= 4 is 28.9 Å². The fourth-order valence-corrected chi connectivity index (χ4v) is 2.65. The highest BCUT2D eigenvalue weighted by Crippen LogP contribution is 2.22. The van der Waals surface area contributed by atoms with E-state index in [9.17, 15) is 9.59 Å². The molecule has 0 aromatic heterocycles. The fraction of sp³-hybridized carbons (Fsp3) is 0.130. The number of carbonyl (C=O) groups excluding carboxylic acids is 2. The number of hydrogen-bond acceptors (Lipinski definition) is 4. The lowest BCUT2D eigenvalue weighted by Gasteiger charge is -2.09. The third-order valence-electron chi connectivity index (χ3n) is 4.00. The quantitative estimate of drug-likeness (QED) is 0.513. The Balaban J connectivity index is 1.41. The highest BCUT2D eigenvalue weighted by Gasteiger charge is 2.04. The molecule has 0 saturated heterocycles. The predicted molar refractivity (Wildman–Crippen MR) is 115 cm³/mol. The second-order valence-electron chi connectivity index (χ2n) is 6.42. The molecule has 0 bridgehead atoms. The van der Waals surface area contributed by atoms with Gasteiger partial charge < -0.3 is 20.7 Å². The standard InChI is InChI=1S/C23H23N3O3/c1-17(27)25-19-9-7-18(8-10-19)24-16-15-23(28)26-20-11-13-22(14-12-20)29-21-5-3-2-4-6-21/h2-14,24H,15-16H2,1H3,(H,25,27)(H,26,28). The number of rotatable bonds is 8. The van der Waals surface area contributed by atoms with Crippen molar-refractivity contribution in [2.24, 2.45) is 0 Å². The molecule has 0 unspecified atom stereocenters. The summed E-state index contributed by atoms with van der Waals surface area (Å²) in [4.78, 5) is 23.1. The first-order valence-corrected chi connectivity index (χ1v) is 9.33. The van der Waals surface area contributed by atoms with Crippen molar-refractivity contribution in [3.63, 3.8) is 0 Å². The average Bonchev–Trinajstić information content (AvgIpc) is 2.71. The molecule has 0 radical (unpaired) electrons. The summed E-state index contributed by atoms with van der Waals surface area (Å²) in [6.07, 6.45) is 0.329. The highest BCUT2D eigenvalue weighted by atomic mass is 16.5. The minimum Gasteiger partial charge on any atom is -0.457 e. The van der Waals surface area contributed by atoms with Crippen molar-refractivity contribution in [3.05, 3.63) is 78.9 Å². The number of nitrogens with one attached hydrogen (secondary N) is 3. The molecule has 6 heteroatoms. The van der Waals surface area contributed by atoms with E-state index in [2.05, 4.69) is 16.0 Å². The van der Waals surface area contributed by atoms with Crippen LogP contribution < -0.4 is 20.7 Å². The molecule has 29 heavy (non-hydrogen) atoms. The Morgan fingerprint density at radius 1 is 0.724 bits per heavy atom. The first kappa shape index (κ1) is 19.9. The van der Waals surface area contributed by atoms with Gasteiger partial charge in [0.2, 0.25) is 11.8 Å². The number of hydrogen-bond donors (Lipinski definition) is 3. The molecule has 0 atom stereocenters. The van der Waals surface area contributed by atoms with Gasteiger partial charge in [0.15, 0.2) is 0 Å². The van der Waals surface area contributed by atoms with Gasteiger partial charge in [0.05, 0.1) is 0 Å². The zero-order valence-corrected chi connectivity index (χ0v) is 16.1. The number of benzene rings is 3. The lowest BCUT2D eigenvalue weighted by Crippen LogP contribution is -2.16. The molecule has 0 aliphatic rings. The summed E-state index contributed by atoms with van der Waals surface area (Å²) in [5.74, 6) is 1.28.